The molecule has 1 unspecified atom stereocenters. The van der Waals surface area contributed by atoms with Crippen molar-refractivity contribution >= 4 is 15.9 Å². The predicted molar refractivity (Wildman–Crippen MR) is 79.0 cm³/mol. The minimum atomic E-state index is -0.620. The van der Waals surface area contributed by atoms with Crippen LogP contribution in [0, 0.1) is 17.5 Å². The highest BCUT2D eigenvalue weighted by atomic mass is 79.9. The first-order valence-corrected chi connectivity index (χ1v) is 7.12. The van der Waals surface area contributed by atoms with Gasteiger partial charge in [-0.2, -0.15) is 0 Å². The summed E-state index contributed by atoms with van der Waals surface area (Å²) < 4.78 is 39.9. The van der Waals surface area contributed by atoms with E-state index in [9.17, 15) is 13.2 Å². The summed E-state index contributed by atoms with van der Waals surface area (Å²) in [6, 6.07) is 7.81. The predicted octanol–water partition coefficient (Wildman–Crippen LogP) is 3.48. The van der Waals surface area contributed by atoms with Gasteiger partial charge in [0.1, 0.15) is 17.5 Å². The van der Waals surface area contributed by atoms with Gasteiger partial charge in [-0.3, -0.25) is 11.3 Å². The molecule has 0 amide bonds. The number of nitrogens with two attached hydrogens (primary N) is 1. The van der Waals surface area contributed by atoms with Gasteiger partial charge in [-0.25, -0.2) is 13.2 Å². The second kappa shape index (κ2) is 7.06. The van der Waals surface area contributed by atoms with Gasteiger partial charge in [0.05, 0.1) is 4.47 Å². The summed E-state index contributed by atoms with van der Waals surface area (Å²) in [5.74, 6) is 3.90. The van der Waals surface area contributed by atoms with Crippen molar-refractivity contribution < 1.29 is 13.2 Å². The quantitative estimate of drug-likeness (QED) is 0.634. The average Bonchev–Trinajstić information content (AvgIpc) is 2.41. The molecule has 6 heteroatoms. The van der Waals surface area contributed by atoms with Crippen molar-refractivity contribution in [1.82, 2.24) is 5.43 Å². The molecule has 1 atom stereocenters. The van der Waals surface area contributed by atoms with E-state index >= 15 is 0 Å². The molecule has 0 heterocycles. The molecule has 0 aromatic heterocycles. The highest BCUT2D eigenvalue weighted by molar-refractivity contribution is 9.10. The number of hydrazine groups is 1. The summed E-state index contributed by atoms with van der Waals surface area (Å²) in [7, 11) is 0. The summed E-state index contributed by atoms with van der Waals surface area (Å²) in [5, 5.41) is 0. The summed E-state index contributed by atoms with van der Waals surface area (Å²) in [6.07, 6.45) is 0.869. The average molecular weight is 359 g/mol. The summed E-state index contributed by atoms with van der Waals surface area (Å²) in [6.45, 7) is 0. The van der Waals surface area contributed by atoms with Crippen molar-refractivity contribution in [2.45, 2.75) is 18.9 Å². The summed E-state index contributed by atoms with van der Waals surface area (Å²) in [4.78, 5) is 0. The van der Waals surface area contributed by atoms with Crippen LogP contribution in [0.3, 0.4) is 0 Å². The van der Waals surface area contributed by atoms with E-state index in [1.165, 1.54) is 18.2 Å². The maximum absolute atomic E-state index is 13.2. The molecule has 112 valence electrons. The van der Waals surface area contributed by atoms with Crippen LogP contribution in [0.1, 0.15) is 11.1 Å². The van der Waals surface area contributed by atoms with E-state index in [1.807, 2.05) is 0 Å². The fourth-order valence-corrected chi connectivity index (χ4v) is 2.58. The van der Waals surface area contributed by atoms with E-state index in [1.54, 1.807) is 12.1 Å². The number of hydrogen-bond acceptors (Lipinski definition) is 2. The lowest BCUT2D eigenvalue weighted by atomic mass is 9.99. The van der Waals surface area contributed by atoms with E-state index in [-0.39, 0.29) is 11.9 Å². The van der Waals surface area contributed by atoms with Gasteiger partial charge >= 0.3 is 0 Å². The third kappa shape index (κ3) is 4.56. The van der Waals surface area contributed by atoms with Gasteiger partial charge in [0, 0.05) is 12.1 Å². The third-order valence-corrected chi connectivity index (χ3v) is 3.71. The minimum Gasteiger partial charge on any atom is -0.271 e. The number of rotatable bonds is 5. The Labute approximate surface area is 129 Å². The topological polar surface area (TPSA) is 38.0 Å². The van der Waals surface area contributed by atoms with Gasteiger partial charge in [-0.05, 0) is 64.2 Å². The van der Waals surface area contributed by atoms with Gasteiger partial charge in [0.15, 0.2) is 0 Å². The Balaban J connectivity index is 2.10. The van der Waals surface area contributed by atoms with Gasteiger partial charge in [0.2, 0.25) is 0 Å². The smallest absolute Gasteiger partial charge is 0.137 e. The van der Waals surface area contributed by atoms with E-state index in [0.29, 0.717) is 22.9 Å². The zero-order chi connectivity index (χ0) is 15.4. The van der Waals surface area contributed by atoms with Crippen LogP contribution in [-0.2, 0) is 12.8 Å². The van der Waals surface area contributed by atoms with Gasteiger partial charge < -0.3 is 0 Å². The first-order chi connectivity index (χ1) is 9.97. The van der Waals surface area contributed by atoms with Crippen molar-refractivity contribution in [3.63, 3.8) is 0 Å². The number of nitrogens with one attached hydrogen (secondary N) is 1. The second-order valence-electron chi connectivity index (χ2n) is 4.80. The summed E-state index contributed by atoms with van der Waals surface area (Å²) >= 11 is 3.12. The molecule has 0 saturated heterocycles. The van der Waals surface area contributed by atoms with Crippen molar-refractivity contribution in [2.24, 2.45) is 5.84 Å². The molecule has 3 N–H and O–H groups in total. The Hall–Kier alpha value is -1.37. The molecule has 21 heavy (non-hydrogen) atoms. The van der Waals surface area contributed by atoms with Gasteiger partial charge in [0.25, 0.3) is 0 Å². The molecular formula is C15H14BrF3N2. The monoisotopic (exact) mass is 358 g/mol. The Kier molecular flexibility index (Phi) is 5.39. The van der Waals surface area contributed by atoms with Gasteiger partial charge in [-0.1, -0.05) is 6.07 Å². The largest absolute Gasteiger partial charge is 0.271 e. The Morgan fingerprint density at radius 3 is 2.14 bits per heavy atom. The molecule has 2 aromatic rings. The highest BCUT2D eigenvalue weighted by Gasteiger charge is 2.12. The van der Waals surface area contributed by atoms with Crippen molar-refractivity contribution in [1.29, 1.82) is 0 Å². The fraction of sp³-hybridized carbons (Fsp3) is 0.200. The zero-order valence-electron chi connectivity index (χ0n) is 11.0. The van der Waals surface area contributed by atoms with E-state index in [0.717, 1.165) is 11.6 Å². The molecule has 0 aliphatic carbocycles. The van der Waals surface area contributed by atoms with E-state index in [2.05, 4.69) is 21.4 Å². The van der Waals surface area contributed by atoms with Crippen LogP contribution in [0.15, 0.2) is 40.9 Å². The maximum Gasteiger partial charge on any atom is 0.137 e. The van der Waals surface area contributed by atoms with Crippen molar-refractivity contribution in [2.75, 3.05) is 0 Å². The SMILES string of the molecule is NNC(Cc1cc(F)cc(F)c1)Cc1ccc(F)c(Br)c1. The fourth-order valence-electron chi connectivity index (χ4n) is 2.15. The molecule has 0 fully saturated rings. The zero-order valence-corrected chi connectivity index (χ0v) is 12.6. The molecule has 0 aliphatic rings. The van der Waals surface area contributed by atoms with Crippen LogP contribution in [0.5, 0.6) is 0 Å². The van der Waals surface area contributed by atoms with Crippen LogP contribution in [-0.4, -0.2) is 6.04 Å². The standard InChI is InChI=1S/C15H14BrF3N2/c16-14-7-9(1-2-15(14)19)5-13(21-20)6-10-3-11(17)8-12(18)4-10/h1-4,7-8,13,21H,5-6,20H2. The molecule has 0 bridgehead atoms. The Morgan fingerprint density at radius 2 is 1.57 bits per heavy atom. The second-order valence-corrected chi connectivity index (χ2v) is 5.65. The molecular weight excluding hydrogens is 345 g/mol. The minimum absolute atomic E-state index is 0.219. The number of benzene rings is 2. The Bertz CT molecular complexity index is 614. The Morgan fingerprint density at radius 1 is 0.952 bits per heavy atom. The third-order valence-electron chi connectivity index (χ3n) is 3.11. The number of halogens is 4. The summed E-state index contributed by atoms with van der Waals surface area (Å²) in [5.41, 5.74) is 3.99. The molecule has 0 saturated carbocycles. The highest BCUT2D eigenvalue weighted by Crippen LogP contribution is 2.19. The molecule has 2 nitrogen and oxygen atoms in total. The normalized spacial score (nSPS) is 12.4. The lowest BCUT2D eigenvalue weighted by Gasteiger charge is -2.16. The van der Waals surface area contributed by atoms with Crippen molar-refractivity contribution in [3.8, 4) is 0 Å². The molecule has 2 aromatic carbocycles. The van der Waals surface area contributed by atoms with Crippen LogP contribution in [0.25, 0.3) is 0 Å². The lowest BCUT2D eigenvalue weighted by Crippen LogP contribution is -2.38. The van der Waals surface area contributed by atoms with Crippen LogP contribution < -0.4 is 11.3 Å². The molecule has 0 aliphatic heterocycles. The van der Waals surface area contributed by atoms with Crippen LogP contribution in [0.2, 0.25) is 0 Å². The van der Waals surface area contributed by atoms with Crippen molar-refractivity contribution in [3.05, 3.63) is 69.4 Å². The van der Waals surface area contributed by atoms with Gasteiger partial charge in [-0.15, -0.1) is 0 Å². The maximum atomic E-state index is 13.2. The van der Waals surface area contributed by atoms with E-state index in [4.69, 9.17) is 5.84 Å². The van der Waals surface area contributed by atoms with E-state index < -0.39 is 11.6 Å². The van der Waals surface area contributed by atoms with Crippen LogP contribution >= 0.6 is 15.9 Å². The van der Waals surface area contributed by atoms with Crippen LogP contribution in [0.4, 0.5) is 13.2 Å². The molecule has 0 radical (unpaired) electrons. The lowest BCUT2D eigenvalue weighted by molar-refractivity contribution is 0.515. The number of hydrogen-bond donors (Lipinski definition) is 2. The molecule has 0 spiro atoms. The molecule has 2 rings (SSSR count). The first-order valence-electron chi connectivity index (χ1n) is 6.33. The first kappa shape index (κ1) is 16.0.